The highest BCUT2D eigenvalue weighted by Crippen LogP contribution is 2.22. The minimum Gasteiger partial charge on any atom is -0.376 e. The molecule has 0 radical (unpaired) electrons. The quantitative estimate of drug-likeness (QED) is 0.852. The summed E-state index contributed by atoms with van der Waals surface area (Å²) in [6.07, 6.45) is 3.14. The molecule has 1 fully saturated rings. The second-order valence-corrected chi connectivity index (χ2v) is 5.68. The fourth-order valence-corrected chi connectivity index (χ4v) is 2.78. The molecule has 1 saturated heterocycles. The Morgan fingerprint density at radius 2 is 1.55 bits per heavy atom. The SMILES string of the molecule is OC(C#Cc1ccccc1)c1ccc(N2CCCCC2)cc1. The Kier molecular flexibility index (Phi) is 4.78. The van der Waals surface area contributed by atoms with E-state index in [1.54, 1.807) is 0 Å². The van der Waals surface area contributed by atoms with Crippen molar-refractivity contribution in [3.63, 3.8) is 0 Å². The molecule has 22 heavy (non-hydrogen) atoms. The van der Waals surface area contributed by atoms with Crippen LogP contribution in [0.4, 0.5) is 5.69 Å². The van der Waals surface area contributed by atoms with Crippen LogP contribution in [-0.4, -0.2) is 18.2 Å². The molecule has 112 valence electrons. The highest BCUT2D eigenvalue weighted by molar-refractivity contribution is 5.49. The fourth-order valence-electron chi connectivity index (χ4n) is 2.78. The summed E-state index contributed by atoms with van der Waals surface area (Å²) in [5.41, 5.74) is 3.02. The zero-order valence-electron chi connectivity index (χ0n) is 12.7. The molecule has 3 rings (SSSR count). The van der Waals surface area contributed by atoms with Crippen LogP contribution in [0, 0.1) is 11.8 Å². The van der Waals surface area contributed by atoms with Crippen molar-refractivity contribution in [2.24, 2.45) is 0 Å². The molecule has 2 nitrogen and oxygen atoms in total. The first-order valence-corrected chi connectivity index (χ1v) is 7.92. The molecule has 0 aliphatic carbocycles. The van der Waals surface area contributed by atoms with E-state index in [2.05, 4.69) is 28.9 Å². The van der Waals surface area contributed by atoms with Gasteiger partial charge in [0.25, 0.3) is 0 Å². The Morgan fingerprint density at radius 1 is 0.864 bits per heavy atom. The van der Waals surface area contributed by atoms with E-state index < -0.39 is 6.10 Å². The number of nitrogens with zero attached hydrogens (tertiary/aromatic N) is 1. The third kappa shape index (κ3) is 3.69. The molecule has 0 saturated carbocycles. The summed E-state index contributed by atoms with van der Waals surface area (Å²) in [4.78, 5) is 2.41. The third-order valence-corrected chi connectivity index (χ3v) is 4.06. The molecule has 0 spiro atoms. The normalized spacial score (nSPS) is 15.8. The van der Waals surface area contributed by atoms with Gasteiger partial charge in [-0.25, -0.2) is 0 Å². The Morgan fingerprint density at radius 3 is 2.23 bits per heavy atom. The predicted molar refractivity (Wildman–Crippen MR) is 90.8 cm³/mol. The van der Waals surface area contributed by atoms with Gasteiger partial charge in [0.05, 0.1) is 0 Å². The number of aliphatic hydroxyl groups is 1. The van der Waals surface area contributed by atoms with E-state index >= 15 is 0 Å². The van der Waals surface area contributed by atoms with Crippen LogP contribution in [-0.2, 0) is 0 Å². The van der Waals surface area contributed by atoms with Crippen LogP contribution < -0.4 is 4.90 Å². The van der Waals surface area contributed by atoms with E-state index in [0.717, 1.165) is 24.2 Å². The summed E-state index contributed by atoms with van der Waals surface area (Å²) < 4.78 is 0. The lowest BCUT2D eigenvalue weighted by molar-refractivity contribution is 0.238. The summed E-state index contributed by atoms with van der Waals surface area (Å²) in [5.74, 6) is 5.92. The van der Waals surface area contributed by atoms with E-state index in [1.165, 1.54) is 24.9 Å². The van der Waals surface area contributed by atoms with Gasteiger partial charge in [-0.05, 0) is 49.1 Å². The third-order valence-electron chi connectivity index (χ3n) is 4.06. The molecule has 1 aliphatic heterocycles. The molecule has 1 aliphatic rings. The second kappa shape index (κ2) is 7.15. The number of hydrogen-bond donors (Lipinski definition) is 1. The molecule has 2 heteroatoms. The topological polar surface area (TPSA) is 23.5 Å². The van der Waals surface area contributed by atoms with E-state index in [4.69, 9.17) is 0 Å². The standard InChI is InChI=1S/C20H21NO/c22-20(14-9-17-7-3-1-4-8-17)18-10-12-19(13-11-18)21-15-5-2-6-16-21/h1,3-4,7-8,10-13,20,22H,2,5-6,15-16H2. The largest absolute Gasteiger partial charge is 0.376 e. The second-order valence-electron chi connectivity index (χ2n) is 5.68. The van der Waals surface area contributed by atoms with E-state index in [-0.39, 0.29) is 0 Å². The highest BCUT2D eigenvalue weighted by Gasteiger charge is 2.11. The van der Waals surface area contributed by atoms with Crippen molar-refractivity contribution in [1.82, 2.24) is 0 Å². The average molecular weight is 291 g/mol. The number of hydrogen-bond acceptors (Lipinski definition) is 2. The van der Waals surface area contributed by atoms with Crippen LogP contribution in [0.2, 0.25) is 0 Å². The molecule has 0 bridgehead atoms. The summed E-state index contributed by atoms with van der Waals surface area (Å²) in [6, 6.07) is 17.9. The molecule has 1 unspecified atom stereocenters. The maximum absolute atomic E-state index is 10.2. The van der Waals surface area contributed by atoms with Crippen molar-refractivity contribution < 1.29 is 5.11 Å². The van der Waals surface area contributed by atoms with Gasteiger partial charge in [0.15, 0.2) is 0 Å². The summed E-state index contributed by atoms with van der Waals surface area (Å²) in [6.45, 7) is 2.27. The summed E-state index contributed by atoms with van der Waals surface area (Å²) in [7, 11) is 0. The minimum absolute atomic E-state index is 0.740. The van der Waals surface area contributed by atoms with Crippen molar-refractivity contribution in [2.45, 2.75) is 25.4 Å². The van der Waals surface area contributed by atoms with Crippen LogP contribution in [0.1, 0.15) is 36.5 Å². The maximum Gasteiger partial charge on any atom is 0.140 e. The van der Waals surface area contributed by atoms with Crippen LogP contribution in [0.25, 0.3) is 0 Å². The predicted octanol–water partition coefficient (Wildman–Crippen LogP) is 3.76. The van der Waals surface area contributed by atoms with Gasteiger partial charge in [0, 0.05) is 24.3 Å². The van der Waals surface area contributed by atoms with E-state index in [1.807, 2.05) is 42.5 Å². The number of anilines is 1. The zero-order chi connectivity index (χ0) is 15.2. The van der Waals surface area contributed by atoms with Gasteiger partial charge in [0.1, 0.15) is 6.10 Å². The first-order chi connectivity index (χ1) is 10.8. The lowest BCUT2D eigenvalue weighted by Crippen LogP contribution is -2.29. The van der Waals surface area contributed by atoms with Crippen LogP contribution >= 0.6 is 0 Å². The molecule has 2 aromatic rings. The van der Waals surface area contributed by atoms with Gasteiger partial charge < -0.3 is 10.0 Å². The number of aliphatic hydroxyl groups excluding tert-OH is 1. The van der Waals surface area contributed by atoms with Gasteiger partial charge in [0.2, 0.25) is 0 Å². The van der Waals surface area contributed by atoms with Gasteiger partial charge >= 0.3 is 0 Å². The number of rotatable bonds is 2. The van der Waals surface area contributed by atoms with Gasteiger partial charge in [-0.15, -0.1) is 0 Å². The van der Waals surface area contributed by atoms with Gasteiger partial charge in [-0.3, -0.25) is 0 Å². The van der Waals surface area contributed by atoms with Gasteiger partial charge in [-0.2, -0.15) is 0 Å². The molecule has 1 heterocycles. The lowest BCUT2D eigenvalue weighted by atomic mass is 10.1. The van der Waals surface area contributed by atoms with Crippen molar-refractivity contribution in [1.29, 1.82) is 0 Å². The lowest BCUT2D eigenvalue weighted by Gasteiger charge is -2.28. The maximum atomic E-state index is 10.2. The number of benzene rings is 2. The highest BCUT2D eigenvalue weighted by atomic mass is 16.3. The van der Waals surface area contributed by atoms with Crippen LogP contribution in [0.3, 0.4) is 0 Å². The van der Waals surface area contributed by atoms with Crippen molar-refractivity contribution >= 4 is 5.69 Å². The average Bonchev–Trinajstić information content (AvgIpc) is 2.61. The summed E-state index contributed by atoms with van der Waals surface area (Å²) >= 11 is 0. The smallest absolute Gasteiger partial charge is 0.140 e. The van der Waals surface area contributed by atoms with Crippen molar-refractivity contribution in [3.8, 4) is 11.8 Å². The Balaban J connectivity index is 1.68. The molecule has 2 aromatic carbocycles. The molecular weight excluding hydrogens is 270 g/mol. The molecule has 1 N–H and O–H groups in total. The summed E-state index contributed by atoms with van der Waals surface area (Å²) in [5, 5.41) is 10.2. The zero-order valence-corrected chi connectivity index (χ0v) is 12.7. The van der Waals surface area contributed by atoms with E-state index in [0.29, 0.717) is 0 Å². The Bertz CT molecular complexity index is 646. The number of piperidine rings is 1. The minimum atomic E-state index is -0.740. The van der Waals surface area contributed by atoms with Crippen molar-refractivity contribution in [2.75, 3.05) is 18.0 Å². The molecular formula is C20H21NO. The van der Waals surface area contributed by atoms with E-state index in [9.17, 15) is 5.11 Å². The fraction of sp³-hybridized carbons (Fsp3) is 0.300. The molecule has 0 amide bonds. The van der Waals surface area contributed by atoms with Crippen LogP contribution in [0.5, 0.6) is 0 Å². The monoisotopic (exact) mass is 291 g/mol. The first-order valence-electron chi connectivity index (χ1n) is 7.92. The van der Waals surface area contributed by atoms with Crippen LogP contribution in [0.15, 0.2) is 54.6 Å². The van der Waals surface area contributed by atoms with Gasteiger partial charge in [-0.1, -0.05) is 42.2 Å². The molecule has 1 atom stereocenters. The first kappa shape index (κ1) is 14.7. The molecule has 0 aromatic heterocycles. The van der Waals surface area contributed by atoms with Crippen molar-refractivity contribution in [3.05, 3.63) is 65.7 Å². The Labute approximate surface area is 132 Å². The Hall–Kier alpha value is -2.24.